The molecule has 2 aromatic carbocycles. The molecule has 0 fully saturated rings. The van der Waals surface area contributed by atoms with E-state index in [-0.39, 0.29) is 11.7 Å². The minimum Gasteiger partial charge on any atom is -0.326 e. The molecule has 120 valence electrons. The monoisotopic (exact) mass is 338 g/mol. The Morgan fingerprint density at radius 1 is 1.08 bits per heavy atom. The first-order valence-corrected chi connectivity index (χ1v) is 8.71. The van der Waals surface area contributed by atoms with Gasteiger partial charge in [0.25, 0.3) is 0 Å². The molecule has 3 aromatic rings. The maximum absolute atomic E-state index is 13.4. The molecule has 0 aliphatic carbocycles. The number of halogens is 1. The fraction of sp³-hybridized carbons (Fsp3) is 0.158. The van der Waals surface area contributed by atoms with E-state index in [2.05, 4.69) is 16.4 Å². The predicted molar refractivity (Wildman–Crippen MR) is 94.5 cm³/mol. The lowest BCUT2D eigenvalue weighted by Crippen LogP contribution is -2.09. The van der Waals surface area contributed by atoms with Gasteiger partial charge in [0.05, 0.1) is 5.69 Å². The zero-order valence-corrected chi connectivity index (χ0v) is 13.7. The van der Waals surface area contributed by atoms with E-state index < -0.39 is 0 Å². The van der Waals surface area contributed by atoms with Crippen molar-refractivity contribution in [3.63, 3.8) is 0 Å². The molecule has 1 amide bonds. The van der Waals surface area contributed by atoms with E-state index in [1.807, 2.05) is 23.6 Å². The maximum atomic E-state index is 13.4. The molecular formula is C19H15FN2OS. The van der Waals surface area contributed by atoms with Crippen molar-refractivity contribution >= 4 is 22.9 Å². The Hall–Kier alpha value is -2.53. The smallest absolute Gasteiger partial charge is 0.224 e. The fourth-order valence-corrected chi connectivity index (χ4v) is 3.72. The molecule has 4 rings (SSSR count). The van der Waals surface area contributed by atoms with Gasteiger partial charge >= 0.3 is 0 Å². The molecule has 0 radical (unpaired) electrons. The van der Waals surface area contributed by atoms with Gasteiger partial charge in [-0.05, 0) is 42.7 Å². The third kappa shape index (κ3) is 2.95. The SMILES string of the molecule is O=C1CCCc2cc(-c3csc(-c4cccc(F)c4)n3)ccc2N1. The molecule has 2 heterocycles. The molecule has 24 heavy (non-hydrogen) atoms. The van der Waals surface area contributed by atoms with Gasteiger partial charge in [-0.2, -0.15) is 0 Å². The molecular weight excluding hydrogens is 323 g/mol. The van der Waals surface area contributed by atoms with Crippen LogP contribution in [-0.4, -0.2) is 10.9 Å². The number of hydrogen-bond donors (Lipinski definition) is 1. The van der Waals surface area contributed by atoms with Crippen LogP contribution in [0.2, 0.25) is 0 Å². The molecule has 3 nitrogen and oxygen atoms in total. The van der Waals surface area contributed by atoms with Crippen LogP contribution in [0.5, 0.6) is 0 Å². The number of aromatic nitrogens is 1. The van der Waals surface area contributed by atoms with Gasteiger partial charge in [0.15, 0.2) is 0 Å². The molecule has 0 spiro atoms. The summed E-state index contributed by atoms with van der Waals surface area (Å²) in [6.07, 6.45) is 2.29. The topological polar surface area (TPSA) is 42.0 Å². The zero-order valence-electron chi connectivity index (χ0n) is 12.9. The van der Waals surface area contributed by atoms with Crippen LogP contribution in [0.1, 0.15) is 18.4 Å². The Bertz CT molecular complexity index is 919. The van der Waals surface area contributed by atoms with Crippen molar-refractivity contribution in [1.82, 2.24) is 4.98 Å². The third-order valence-corrected chi connectivity index (χ3v) is 4.99. The summed E-state index contributed by atoms with van der Waals surface area (Å²) < 4.78 is 13.4. The summed E-state index contributed by atoms with van der Waals surface area (Å²) in [7, 11) is 0. The van der Waals surface area contributed by atoms with E-state index in [4.69, 9.17) is 0 Å². The van der Waals surface area contributed by atoms with Gasteiger partial charge < -0.3 is 5.32 Å². The minimum absolute atomic E-state index is 0.0727. The number of rotatable bonds is 2. The fourth-order valence-electron chi connectivity index (χ4n) is 2.89. The van der Waals surface area contributed by atoms with Crippen LogP contribution in [0.3, 0.4) is 0 Å². The van der Waals surface area contributed by atoms with E-state index >= 15 is 0 Å². The minimum atomic E-state index is -0.259. The quantitative estimate of drug-likeness (QED) is 0.723. The number of carbonyl (C=O) groups is 1. The summed E-state index contributed by atoms with van der Waals surface area (Å²) in [5.74, 6) is -0.187. The number of carbonyl (C=O) groups excluding carboxylic acids is 1. The molecule has 0 atom stereocenters. The van der Waals surface area contributed by atoms with Crippen LogP contribution in [0.25, 0.3) is 21.8 Å². The number of hydrogen-bond acceptors (Lipinski definition) is 3. The first-order chi connectivity index (χ1) is 11.7. The van der Waals surface area contributed by atoms with E-state index in [1.165, 1.54) is 23.5 Å². The number of nitrogens with zero attached hydrogens (tertiary/aromatic N) is 1. The maximum Gasteiger partial charge on any atom is 0.224 e. The van der Waals surface area contributed by atoms with Crippen molar-refractivity contribution in [3.8, 4) is 21.8 Å². The third-order valence-electron chi connectivity index (χ3n) is 4.10. The second kappa shape index (κ2) is 6.17. The molecule has 1 aromatic heterocycles. The Morgan fingerprint density at radius 3 is 2.88 bits per heavy atom. The molecule has 1 aliphatic rings. The van der Waals surface area contributed by atoms with Crippen molar-refractivity contribution < 1.29 is 9.18 Å². The molecule has 1 N–H and O–H groups in total. The van der Waals surface area contributed by atoms with E-state index in [1.54, 1.807) is 6.07 Å². The Balaban J connectivity index is 1.68. The van der Waals surface area contributed by atoms with Crippen LogP contribution < -0.4 is 5.32 Å². The molecule has 0 unspecified atom stereocenters. The summed E-state index contributed by atoms with van der Waals surface area (Å²) in [6, 6.07) is 12.5. The van der Waals surface area contributed by atoms with Gasteiger partial charge in [-0.1, -0.05) is 18.2 Å². The highest BCUT2D eigenvalue weighted by molar-refractivity contribution is 7.13. The molecule has 5 heteroatoms. The zero-order chi connectivity index (χ0) is 16.5. The van der Waals surface area contributed by atoms with Crippen LogP contribution in [-0.2, 0) is 11.2 Å². The molecule has 0 saturated heterocycles. The highest BCUT2D eigenvalue weighted by Gasteiger charge is 2.14. The first kappa shape index (κ1) is 15.0. The van der Waals surface area contributed by atoms with Gasteiger partial charge in [-0.15, -0.1) is 11.3 Å². The van der Waals surface area contributed by atoms with Crippen LogP contribution in [0.15, 0.2) is 47.8 Å². The highest BCUT2D eigenvalue weighted by atomic mass is 32.1. The van der Waals surface area contributed by atoms with Gasteiger partial charge in [0, 0.05) is 28.6 Å². The average Bonchev–Trinajstić information content (AvgIpc) is 2.99. The predicted octanol–water partition coefficient (Wildman–Crippen LogP) is 4.89. The summed E-state index contributed by atoms with van der Waals surface area (Å²) in [5.41, 5.74) is 4.70. The van der Waals surface area contributed by atoms with Crippen molar-refractivity contribution in [2.75, 3.05) is 5.32 Å². The average molecular weight is 338 g/mol. The van der Waals surface area contributed by atoms with E-state index in [0.717, 1.165) is 45.9 Å². The van der Waals surface area contributed by atoms with Crippen LogP contribution >= 0.6 is 11.3 Å². The summed E-state index contributed by atoms with van der Waals surface area (Å²) in [4.78, 5) is 16.3. The van der Waals surface area contributed by atoms with Crippen molar-refractivity contribution in [2.24, 2.45) is 0 Å². The first-order valence-electron chi connectivity index (χ1n) is 7.84. The van der Waals surface area contributed by atoms with Crippen molar-refractivity contribution in [3.05, 3.63) is 59.2 Å². The van der Waals surface area contributed by atoms with Crippen molar-refractivity contribution in [1.29, 1.82) is 0 Å². The van der Waals surface area contributed by atoms with E-state index in [9.17, 15) is 9.18 Å². The number of nitrogens with one attached hydrogen (secondary N) is 1. The number of anilines is 1. The lowest BCUT2D eigenvalue weighted by Gasteiger charge is -2.08. The number of thiazole rings is 1. The second-order valence-corrected chi connectivity index (χ2v) is 6.68. The normalized spacial score (nSPS) is 14.0. The van der Waals surface area contributed by atoms with Crippen LogP contribution in [0.4, 0.5) is 10.1 Å². The van der Waals surface area contributed by atoms with E-state index in [0.29, 0.717) is 6.42 Å². The molecule has 1 aliphatic heterocycles. The Kier molecular flexibility index (Phi) is 3.86. The molecule has 0 saturated carbocycles. The Morgan fingerprint density at radius 2 is 2.00 bits per heavy atom. The number of amides is 1. The lowest BCUT2D eigenvalue weighted by molar-refractivity contribution is -0.116. The summed E-state index contributed by atoms with van der Waals surface area (Å²) >= 11 is 1.50. The number of fused-ring (bicyclic) bond motifs is 1. The van der Waals surface area contributed by atoms with Gasteiger partial charge in [-0.3, -0.25) is 4.79 Å². The number of benzene rings is 2. The Labute approximate surface area is 143 Å². The highest BCUT2D eigenvalue weighted by Crippen LogP contribution is 2.32. The lowest BCUT2D eigenvalue weighted by atomic mass is 10.0. The van der Waals surface area contributed by atoms with Crippen LogP contribution in [0, 0.1) is 5.82 Å². The van der Waals surface area contributed by atoms with Gasteiger partial charge in [0.1, 0.15) is 10.8 Å². The standard InChI is InChI=1S/C19H15FN2OS/c20-15-5-1-4-14(10-15)19-22-17(11-24-19)13-7-8-16-12(9-13)3-2-6-18(23)21-16/h1,4-5,7-11H,2-3,6H2,(H,21,23). The van der Waals surface area contributed by atoms with Gasteiger partial charge in [-0.25, -0.2) is 9.37 Å². The van der Waals surface area contributed by atoms with Gasteiger partial charge in [0.2, 0.25) is 5.91 Å². The summed E-state index contributed by atoms with van der Waals surface area (Å²) in [5, 5.41) is 5.72. The van der Waals surface area contributed by atoms with Crippen molar-refractivity contribution in [2.45, 2.75) is 19.3 Å². The molecule has 0 bridgehead atoms. The second-order valence-electron chi connectivity index (χ2n) is 5.82. The number of aryl methyl sites for hydroxylation is 1. The largest absolute Gasteiger partial charge is 0.326 e. The summed E-state index contributed by atoms with van der Waals surface area (Å²) in [6.45, 7) is 0.